The number of nitrogens with one attached hydrogen (secondary N) is 1. The van der Waals surface area contributed by atoms with Crippen LogP contribution in [-0.4, -0.2) is 11.9 Å². The Hall–Kier alpha value is -0.830. The highest BCUT2D eigenvalue weighted by atomic mass is 79.9. The number of carbonyl (C=O) groups excluding carboxylic acids is 1. The van der Waals surface area contributed by atoms with Gasteiger partial charge in [0.15, 0.2) is 0 Å². The SMILES string of the molecule is CC1CC(C)CC(NC(=O)c2ccc(CBr)cc2)C1. The van der Waals surface area contributed by atoms with Crippen molar-refractivity contribution in [2.24, 2.45) is 11.8 Å². The molecular formula is C16H22BrNO. The molecule has 3 heteroatoms. The highest BCUT2D eigenvalue weighted by molar-refractivity contribution is 9.08. The summed E-state index contributed by atoms with van der Waals surface area (Å²) < 4.78 is 0. The van der Waals surface area contributed by atoms with Crippen molar-refractivity contribution >= 4 is 21.8 Å². The van der Waals surface area contributed by atoms with Gasteiger partial charge >= 0.3 is 0 Å². The van der Waals surface area contributed by atoms with E-state index in [1.807, 2.05) is 24.3 Å². The molecule has 1 saturated carbocycles. The lowest BCUT2D eigenvalue weighted by molar-refractivity contribution is 0.0911. The molecule has 1 aromatic carbocycles. The molecule has 2 nitrogen and oxygen atoms in total. The fraction of sp³-hybridized carbons (Fsp3) is 0.562. The van der Waals surface area contributed by atoms with Gasteiger partial charge in [0.1, 0.15) is 0 Å². The van der Waals surface area contributed by atoms with Crippen molar-refractivity contribution in [3.63, 3.8) is 0 Å². The molecule has 0 aliphatic heterocycles. The van der Waals surface area contributed by atoms with Crippen LogP contribution in [0.2, 0.25) is 0 Å². The molecule has 0 spiro atoms. The summed E-state index contributed by atoms with van der Waals surface area (Å²) >= 11 is 3.41. The Balaban J connectivity index is 1.96. The summed E-state index contributed by atoms with van der Waals surface area (Å²) in [6.07, 6.45) is 3.50. The van der Waals surface area contributed by atoms with E-state index < -0.39 is 0 Å². The molecule has 0 saturated heterocycles. The van der Waals surface area contributed by atoms with Crippen LogP contribution >= 0.6 is 15.9 Å². The molecule has 1 aliphatic carbocycles. The molecule has 1 N–H and O–H groups in total. The highest BCUT2D eigenvalue weighted by Gasteiger charge is 2.25. The minimum absolute atomic E-state index is 0.0624. The Morgan fingerprint density at radius 3 is 2.26 bits per heavy atom. The predicted molar refractivity (Wildman–Crippen MR) is 82.5 cm³/mol. The summed E-state index contributed by atoms with van der Waals surface area (Å²) in [7, 11) is 0. The molecule has 19 heavy (non-hydrogen) atoms. The number of amides is 1. The third-order valence-electron chi connectivity index (χ3n) is 3.88. The van der Waals surface area contributed by atoms with Crippen LogP contribution in [0, 0.1) is 11.8 Å². The van der Waals surface area contributed by atoms with E-state index >= 15 is 0 Å². The van der Waals surface area contributed by atoms with Crippen LogP contribution in [0.4, 0.5) is 0 Å². The second kappa shape index (κ2) is 6.56. The lowest BCUT2D eigenvalue weighted by atomic mass is 9.80. The zero-order chi connectivity index (χ0) is 13.8. The molecule has 0 radical (unpaired) electrons. The Kier molecular flexibility index (Phi) is 5.03. The molecule has 1 aromatic rings. The van der Waals surface area contributed by atoms with E-state index in [1.165, 1.54) is 12.0 Å². The lowest BCUT2D eigenvalue weighted by Crippen LogP contribution is -2.40. The first-order valence-electron chi connectivity index (χ1n) is 7.04. The molecule has 1 fully saturated rings. The number of hydrogen-bond donors (Lipinski definition) is 1. The van der Waals surface area contributed by atoms with Crippen molar-refractivity contribution in [2.75, 3.05) is 0 Å². The van der Waals surface area contributed by atoms with E-state index in [4.69, 9.17) is 0 Å². The van der Waals surface area contributed by atoms with Gasteiger partial charge in [-0.25, -0.2) is 0 Å². The summed E-state index contributed by atoms with van der Waals surface area (Å²) in [5, 5.41) is 4.01. The van der Waals surface area contributed by atoms with Gasteiger partial charge in [0.25, 0.3) is 5.91 Å². The van der Waals surface area contributed by atoms with Gasteiger partial charge in [0.2, 0.25) is 0 Å². The smallest absolute Gasteiger partial charge is 0.251 e. The van der Waals surface area contributed by atoms with E-state index in [0.29, 0.717) is 17.9 Å². The van der Waals surface area contributed by atoms with Crippen LogP contribution in [-0.2, 0) is 5.33 Å². The van der Waals surface area contributed by atoms with Crippen molar-refractivity contribution in [3.05, 3.63) is 35.4 Å². The van der Waals surface area contributed by atoms with Crippen LogP contribution in [0.5, 0.6) is 0 Å². The average molecular weight is 324 g/mol. The minimum Gasteiger partial charge on any atom is -0.349 e. The fourth-order valence-electron chi connectivity index (χ4n) is 3.08. The molecular weight excluding hydrogens is 302 g/mol. The van der Waals surface area contributed by atoms with Crippen LogP contribution in [0.1, 0.15) is 49.0 Å². The maximum Gasteiger partial charge on any atom is 0.251 e. The zero-order valence-electron chi connectivity index (χ0n) is 11.7. The summed E-state index contributed by atoms with van der Waals surface area (Å²) in [6.45, 7) is 4.55. The standard InChI is InChI=1S/C16H22BrNO/c1-11-7-12(2)9-15(8-11)18-16(19)14-5-3-13(10-17)4-6-14/h3-6,11-12,15H,7-10H2,1-2H3,(H,18,19). The Bertz CT molecular complexity index is 419. The topological polar surface area (TPSA) is 29.1 Å². The lowest BCUT2D eigenvalue weighted by Gasteiger charge is -2.32. The van der Waals surface area contributed by atoms with E-state index in [1.54, 1.807) is 0 Å². The van der Waals surface area contributed by atoms with Gasteiger partial charge < -0.3 is 5.32 Å². The van der Waals surface area contributed by atoms with Crippen molar-refractivity contribution in [3.8, 4) is 0 Å². The third-order valence-corrected chi connectivity index (χ3v) is 4.53. The number of carbonyl (C=O) groups is 1. The van der Waals surface area contributed by atoms with Crippen LogP contribution in [0.3, 0.4) is 0 Å². The maximum absolute atomic E-state index is 12.2. The van der Waals surface area contributed by atoms with E-state index in [9.17, 15) is 4.79 Å². The molecule has 2 unspecified atom stereocenters. The van der Waals surface area contributed by atoms with Crippen LogP contribution < -0.4 is 5.32 Å². The molecule has 1 aliphatic rings. The molecule has 0 bridgehead atoms. The Morgan fingerprint density at radius 1 is 1.16 bits per heavy atom. The fourth-order valence-corrected chi connectivity index (χ4v) is 3.45. The van der Waals surface area contributed by atoms with E-state index in [2.05, 4.69) is 35.1 Å². The number of rotatable bonds is 3. The second-order valence-electron chi connectivity index (χ2n) is 5.92. The maximum atomic E-state index is 12.2. The number of halogens is 1. The van der Waals surface area contributed by atoms with E-state index in [-0.39, 0.29) is 5.91 Å². The van der Waals surface area contributed by atoms with E-state index in [0.717, 1.165) is 23.7 Å². The predicted octanol–water partition coefficient (Wildman–Crippen LogP) is 4.14. The molecule has 0 aromatic heterocycles. The normalized spacial score (nSPS) is 27.0. The average Bonchev–Trinajstić information content (AvgIpc) is 2.37. The van der Waals surface area contributed by atoms with Gasteiger partial charge in [-0.3, -0.25) is 4.79 Å². The number of hydrogen-bond acceptors (Lipinski definition) is 1. The molecule has 1 amide bonds. The largest absolute Gasteiger partial charge is 0.349 e. The first-order valence-corrected chi connectivity index (χ1v) is 8.16. The van der Waals surface area contributed by atoms with Crippen molar-refractivity contribution in [1.82, 2.24) is 5.32 Å². The van der Waals surface area contributed by atoms with Crippen LogP contribution in [0.15, 0.2) is 24.3 Å². The Morgan fingerprint density at radius 2 is 1.74 bits per heavy atom. The quantitative estimate of drug-likeness (QED) is 0.832. The van der Waals surface area contributed by atoms with Gasteiger partial charge in [-0.1, -0.05) is 41.9 Å². The van der Waals surface area contributed by atoms with Gasteiger partial charge in [-0.15, -0.1) is 0 Å². The van der Waals surface area contributed by atoms with Crippen molar-refractivity contribution < 1.29 is 4.79 Å². The van der Waals surface area contributed by atoms with Gasteiger partial charge in [-0.2, -0.15) is 0 Å². The third kappa shape index (κ3) is 4.07. The molecule has 2 atom stereocenters. The monoisotopic (exact) mass is 323 g/mol. The van der Waals surface area contributed by atoms with Gasteiger partial charge in [-0.05, 0) is 48.8 Å². The first-order chi connectivity index (χ1) is 9.08. The second-order valence-corrected chi connectivity index (χ2v) is 6.48. The summed E-state index contributed by atoms with van der Waals surface area (Å²) in [4.78, 5) is 12.2. The van der Waals surface area contributed by atoms with Gasteiger partial charge in [0, 0.05) is 16.9 Å². The Labute approximate surface area is 124 Å². The van der Waals surface area contributed by atoms with Crippen molar-refractivity contribution in [1.29, 1.82) is 0 Å². The van der Waals surface area contributed by atoms with Crippen molar-refractivity contribution in [2.45, 2.75) is 44.5 Å². The first kappa shape index (κ1) is 14.6. The highest BCUT2D eigenvalue weighted by Crippen LogP contribution is 2.28. The molecule has 2 rings (SSSR count). The molecule has 104 valence electrons. The number of alkyl halides is 1. The zero-order valence-corrected chi connectivity index (χ0v) is 13.2. The number of benzene rings is 1. The van der Waals surface area contributed by atoms with Gasteiger partial charge in [0.05, 0.1) is 0 Å². The summed E-state index contributed by atoms with van der Waals surface area (Å²) in [5.41, 5.74) is 1.95. The van der Waals surface area contributed by atoms with Crippen LogP contribution in [0.25, 0.3) is 0 Å². The summed E-state index contributed by atoms with van der Waals surface area (Å²) in [5.74, 6) is 1.49. The molecule has 0 heterocycles. The summed E-state index contributed by atoms with van der Waals surface area (Å²) in [6, 6.07) is 8.14. The minimum atomic E-state index is 0.0624.